The van der Waals surface area contributed by atoms with Crippen molar-refractivity contribution in [2.75, 3.05) is 0 Å². The van der Waals surface area contributed by atoms with Gasteiger partial charge in [-0.15, -0.1) is 0 Å². The predicted octanol–water partition coefficient (Wildman–Crippen LogP) is 1.81. The van der Waals surface area contributed by atoms with E-state index in [-0.39, 0.29) is 19.5 Å². The fourth-order valence-corrected chi connectivity index (χ4v) is 0.542. The summed E-state index contributed by atoms with van der Waals surface area (Å²) in [4.78, 5) is 0. The van der Waals surface area contributed by atoms with Crippen molar-refractivity contribution in [3.63, 3.8) is 0 Å². The molecule has 0 fully saturated rings. The van der Waals surface area contributed by atoms with E-state index in [1.807, 2.05) is 0 Å². The van der Waals surface area contributed by atoms with E-state index in [4.69, 9.17) is 5.11 Å². The third-order valence-corrected chi connectivity index (χ3v) is 0.969. The predicted molar refractivity (Wildman–Crippen MR) is 28.0 cm³/mol. The van der Waals surface area contributed by atoms with E-state index in [9.17, 15) is 13.2 Å². The third kappa shape index (κ3) is 2.19. The summed E-state index contributed by atoms with van der Waals surface area (Å²) in [7, 11) is 0. The number of hydrogen-bond acceptors (Lipinski definition) is 1. The minimum atomic E-state index is -1.57. The molecule has 1 nitrogen and oxygen atoms in total. The third-order valence-electron chi connectivity index (χ3n) is 0.969. The van der Waals surface area contributed by atoms with Gasteiger partial charge in [-0.05, 0) is 0 Å². The Bertz CT molecular complexity index is 241. The quantitative estimate of drug-likeness (QED) is 0.515. The molecule has 1 aromatic carbocycles. The minimum Gasteiger partial charge on any atom is -0.508 e. The van der Waals surface area contributed by atoms with Gasteiger partial charge in [0.2, 0.25) is 0 Å². The van der Waals surface area contributed by atoms with Crippen LogP contribution >= 0.6 is 0 Å². The maximum Gasteiger partial charge on any atom is 0.194 e. The van der Waals surface area contributed by atoms with Gasteiger partial charge in [0.1, 0.15) is 5.75 Å². The van der Waals surface area contributed by atoms with Gasteiger partial charge in [0.05, 0.1) is 0 Å². The van der Waals surface area contributed by atoms with Crippen LogP contribution in [0.3, 0.4) is 0 Å². The molecule has 5 heteroatoms. The monoisotopic (exact) mass is 212 g/mol. The molecule has 0 aliphatic carbocycles. The van der Waals surface area contributed by atoms with Crippen LogP contribution in [0.15, 0.2) is 12.1 Å². The summed E-state index contributed by atoms with van der Waals surface area (Å²) in [6, 6.07) is 0.997. The average molecular weight is 213 g/mol. The van der Waals surface area contributed by atoms with E-state index in [1.54, 1.807) is 0 Å². The normalized spacial score (nSPS) is 9.00. The second-order valence-corrected chi connectivity index (χ2v) is 1.72. The van der Waals surface area contributed by atoms with Gasteiger partial charge in [0.25, 0.3) is 0 Å². The second kappa shape index (κ2) is 3.72. The molecular formula is C6H3F3OZn. The summed E-state index contributed by atoms with van der Waals surface area (Å²) in [5, 5.41) is 8.47. The number of phenols is 1. The average Bonchev–Trinajstić information content (AvgIpc) is 1.82. The van der Waals surface area contributed by atoms with Crippen LogP contribution in [0.4, 0.5) is 13.2 Å². The molecule has 0 spiro atoms. The van der Waals surface area contributed by atoms with Gasteiger partial charge in [-0.2, -0.15) is 0 Å². The van der Waals surface area contributed by atoms with Crippen molar-refractivity contribution in [1.29, 1.82) is 0 Å². The Kier molecular flexibility index (Phi) is 3.53. The molecular weight excluding hydrogens is 210 g/mol. The van der Waals surface area contributed by atoms with Crippen LogP contribution < -0.4 is 0 Å². The van der Waals surface area contributed by atoms with Crippen molar-refractivity contribution < 1.29 is 37.8 Å². The van der Waals surface area contributed by atoms with Gasteiger partial charge >= 0.3 is 0 Å². The van der Waals surface area contributed by atoms with Crippen molar-refractivity contribution in [2.24, 2.45) is 0 Å². The standard InChI is InChI=1S/C6H3F3O.Zn/c7-4-1-3(10)2-5(8)6(4)9;/h1-2,10H;. The summed E-state index contributed by atoms with van der Waals surface area (Å²) in [5.74, 6) is -4.98. The number of phenolic OH excluding ortho intramolecular Hbond substituents is 1. The second-order valence-electron chi connectivity index (χ2n) is 1.72. The molecule has 0 aliphatic rings. The van der Waals surface area contributed by atoms with E-state index in [0.29, 0.717) is 12.1 Å². The van der Waals surface area contributed by atoms with E-state index in [1.165, 1.54) is 0 Å². The summed E-state index contributed by atoms with van der Waals surface area (Å²) >= 11 is 0. The molecule has 0 saturated heterocycles. The van der Waals surface area contributed by atoms with Gasteiger partial charge < -0.3 is 5.11 Å². The van der Waals surface area contributed by atoms with Crippen molar-refractivity contribution in [3.05, 3.63) is 29.6 Å². The first kappa shape index (κ1) is 10.4. The zero-order chi connectivity index (χ0) is 7.72. The molecule has 0 radical (unpaired) electrons. The molecule has 1 rings (SSSR count). The first-order valence-corrected chi connectivity index (χ1v) is 2.45. The molecule has 11 heavy (non-hydrogen) atoms. The molecule has 56 valence electrons. The fourth-order valence-electron chi connectivity index (χ4n) is 0.542. The van der Waals surface area contributed by atoms with E-state index < -0.39 is 23.2 Å². The zero-order valence-electron chi connectivity index (χ0n) is 5.44. The molecule has 0 unspecified atom stereocenters. The first-order valence-electron chi connectivity index (χ1n) is 2.45. The number of benzene rings is 1. The Morgan fingerprint density at radius 1 is 1.00 bits per heavy atom. The Balaban J connectivity index is 0.000001000. The SMILES string of the molecule is Oc1cc(F)c(F)c(F)c1.[Zn]. The largest absolute Gasteiger partial charge is 0.508 e. The van der Waals surface area contributed by atoms with Crippen molar-refractivity contribution in [2.45, 2.75) is 0 Å². The maximum atomic E-state index is 12.1. The van der Waals surface area contributed by atoms with E-state index in [0.717, 1.165) is 0 Å². The van der Waals surface area contributed by atoms with Gasteiger partial charge in [-0.1, -0.05) is 0 Å². The van der Waals surface area contributed by atoms with E-state index >= 15 is 0 Å². The topological polar surface area (TPSA) is 20.2 Å². The molecule has 0 atom stereocenters. The molecule has 0 amide bonds. The van der Waals surface area contributed by atoms with Crippen LogP contribution in [0.1, 0.15) is 0 Å². The Labute approximate surface area is 73.6 Å². The fraction of sp³-hybridized carbons (Fsp3) is 0. The van der Waals surface area contributed by atoms with Crippen molar-refractivity contribution in [3.8, 4) is 5.75 Å². The van der Waals surface area contributed by atoms with Crippen LogP contribution in [0.25, 0.3) is 0 Å². The zero-order valence-corrected chi connectivity index (χ0v) is 8.41. The van der Waals surface area contributed by atoms with E-state index in [2.05, 4.69) is 0 Å². The Hall–Kier alpha value is -0.567. The van der Waals surface area contributed by atoms with Crippen LogP contribution in [-0.4, -0.2) is 5.11 Å². The maximum absolute atomic E-state index is 12.1. The number of aromatic hydroxyl groups is 1. The number of hydrogen-bond donors (Lipinski definition) is 1. The van der Waals surface area contributed by atoms with Crippen LogP contribution in [0.5, 0.6) is 5.75 Å². The Morgan fingerprint density at radius 2 is 1.36 bits per heavy atom. The molecule has 0 heterocycles. The molecule has 0 bridgehead atoms. The van der Waals surface area contributed by atoms with Crippen LogP contribution in [0.2, 0.25) is 0 Å². The van der Waals surface area contributed by atoms with Gasteiger partial charge in [0, 0.05) is 31.6 Å². The molecule has 1 N–H and O–H groups in total. The van der Waals surface area contributed by atoms with Gasteiger partial charge in [0.15, 0.2) is 17.5 Å². The molecule has 1 aromatic rings. The van der Waals surface area contributed by atoms with Gasteiger partial charge in [-0.25, -0.2) is 13.2 Å². The minimum absolute atomic E-state index is 0. The van der Waals surface area contributed by atoms with Crippen molar-refractivity contribution >= 4 is 0 Å². The summed E-state index contributed by atoms with van der Waals surface area (Å²) < 4.78 is 36.2. The molecule has 0 aromatic heterocycles. The first-order chi connectivity index (χ1) is 4.61. The van der Waals surface area contributed by atoms with Gasteiger partial charge in [-0.3, -0.25) is 0 Å². The Morgan fingerprint density at radius 3 is 1.73 bits per heavy atom. The smallest absolute Gasteiger partial charge is 0.194 e. The van der Waals surface area contributed by atoms with Crippen LogP contribution in [-0.2, 0) is 19.5 Å². The molecule has 0 saturated carbocycles. The molecule has 0 aliphatic heterocycles. The summed E-state index contributed by atoms with van der Waals surface area (Å²) in [5.41, 5.74) is 0. The van der Waals surface area contributed by atoms with Crippen molar-refractivity contribution in [1.82, 2.24) is 0 Å². The van der Waals surface area contributed by atoms with Crippen LogP contribution in [0, 0.1) is 17.5 Å². The number of halogens is 3. The summed E-state index contributed by atoms with van der Waals surface area (Å²) in [6.45, 7) is 0. The number of rotatable bonds is 0. The summed E-state index contributed by atoms with van der Waals surface area (Å²) in [6.07, 6.45) is 0.